The molecule has 9 nitrogen and oxygen atoms in total. The number of hydrogen-bond acceptors (Lipinski definition) is 6. The summed E-state index contributed by atoms with van der Waals surface area (Å²) in [6.07, 6.45) is 5.30. The van der Waals surface area contributed by atoms with Crippen LogP contribution in [0.1, 0.15) is 47.7 Å². The SMILES string of the molecule is NC(=O)c1c(-c2ccc(-c3cc(C4CCC(O)CC4)n4ncnc(N)c34)c(F)c2)ccn(-c2ccc(F)cc2)c1=O. The maximum atomic E-state index is 15.8. The Morgan fingerprint density at radius 2 is 1.68 bits per heavy atom. The lowest BCUT2D eigenvalue weighted by molar-refractivity contribution is 0.0999. The normalized spacial score (nSPS) is 17.1. The van der Waals surface area contributed by atoms with E-state index in [1.165, 1.54) is 53.5 Å². The van der Waals surface area contributed by atoms with Crippen molar-refractivity contribution in [2.45, 2.75) is 37.7 Å². The number of halogens is 2. The van der Waals surface area contributed by atoms with Gasteiger partial charge >= 0.3 is 0 Å². The van der Waals surface area contributed by atoms with Crippen LogP contribution in [0.4, 0.5) is 14.6 Å². The first-order valence-corrected chi connectivity index (χ1v) is 13.1. The number of nitrogens with two attached hydrogens (primary N) is 2. The lowest BCUT2D eigenvalue weighted by Gasteiger charge is -2.24. The van der Waals surface area contributed by atoms with Crippen molar-refractivity contribution in [1.82, 2.24) is 19.2 Å². The minimum Gasteiger partial charge on any atom is -0.393 e. The van der Waals surface area contributed by atoms with Crippen LogP contribution >= 0.6 is 0 Å². The van der Waals surface area contributed by atoms with Gasteiger partial charge in [-0.05, 0) is 73.7 Å². The zero-order valence-corrected chi connectivity index (χ0v) is 21.8. The molecular weight excluding hydrogens is 530 g/mol. The van der Waals surface area contributed by atoms with E-state index in [1.54, 1.807) is 16.6 Å². The van der Waals surface area contributed by atoms with E-state index in [9.17, 15) is 19.1 Å². The van der Waals surface area contributed by atoms with Crippen molar-refractivity contribution >= 4 is 17.2 Å². The minimum absolute atomic E-state index is 0.113. The van der Waals surface area contributed by atoms with E-state index in [0.717, 1.165) is 18.5 Å². The molecule has 1 amide bonds. The molecule has 208 valence electrons. The Morgan fingerprint density at radius 1 is 0.951 bits per heavy atom. The van der Waals surface area contributed by atoms with Gasteiger partial charge in [0.05, 0.1) is 6.10 Å². The summed E-state index contributed by atoms with van der Waals surface area (Å²) < 4.78 is 32.1. The number of aliphatic hydroxyl groups is 1. The number of carbonyl (C=O) groups is 1. The van der Waals surface area contributed by atoms with Gasteiger partial charge in [0.15, 0.2) is 5.82 Å². The van der Waals surface area contributed by atoms with E-state index < -0.39 is 23.1 Å². The van der Waals surface area contributed by atoms with E-state index in [4.69, 9.17) is 11.5 Å². The molecule has 1 aliphatic carbocycles. The summed E-state index contributed by atoms with van der Waals surface area (Å²) in [5.41, 5.74) is 13.7. The van der Waals surface area contributed by atoms with Gasteiger partial charge in [-0.1, -0.05) is 12.1 Å². The topological polar surface area (TPSA) is 142 Å². The standard InChI is InChI=1S/C30H26F2N6O3/c31-18-4-6-19(7-5-18)37-12-11-21(26(29(34)40)30(37)41)17-3-10-22(24(32)13-17)23-14-25(16-1-8-20(39)9-2-16)38-27(23)28(33)35-15-36-38/h3-7,10-16,20,39H,1-2,8-9H2,(H2,34,40)(H2,33,35,36). The van der Waals surface area contributed by atoms with E-state index in [2.05, 4.69) is 10.1 Å². The maximum absolute atomic E-state index is 15.8. The number of aliphatic hydroxyl groups excluding tert-OH is 1. The average molecular weight is 557 g/mol. The van der Waals surface area contributed by atoms with Crippen molar-refractivity contribution in [2.24, 2.45) is 5.73 Å². The molecule has 3 aromatic heterocycles. The lowest BCUT2D eigenvalue weighted by Crippen LogP contribution is -2.29. The number of benzene rings is 2. The number of amides is 1. The summed E-state index contributed by atoms with van der Waals surface area (Å²) >= 11 is 0. The number of anilines is 1. The van der Waals surface area contributed by atoms with Gasteiger partial charge in [0.25, 0.3) is 11.5 Å². The number of fused-ring (bicyclic) bond motifs is 1. The number of carbonyl (C=O) groups excluding carboxylic acids is 1. The number of nitrogens with zero attached hydrogens (tertiary/aromatic N) is 4. The summed E-state index contributed by atoms with van der Waals surface area (Å²) in [7, 11) is 0. The van der Waals surface area contributed by atoms with Crippen LogP contribution in [-0.4, -0.2) is 36.3 Å². The fourth-order valence-electron chi connectivity index (χ4n) is 5.68. The number of hydrogen-bond donors (Lipinski definition) is 3. The molecule has 6 rings (SSSR count). The molecule has 1 saturated carbocycles. The molecule has 0 unspecified atom stereocenters. The van der Waals surface area contributed by atoms with Crippen LogP contribution in [-0.2, 0) is 0 Å². The summed E-state index contributed by atoms with van der Waals surface area (Å²) in [5, 5.41) is 14.3. The monoisotopic (exact) mass is 556 g/mol. The van der Waals surface area contributed by atoms with Crippen molar-refractivity contribution in [2.75, 3.05) is 5.73 Å². The summed E-state index contributed by atoms with van der Waals surface area (Å²) in [5.74, 6) is -1.75. The van der Waals surface area contributed by atoms with E-state index >= 15 is 4.39 Å². The zero-order chi connectivity index (χ0) is 28.8. The van der Waals surface area contributed by atoms with Crippen LogP contribution < -0.4 is 17.0 Å². The first-order valence-electron chi connectivity index (χ1n) is 13.1. The van der Waals surface area contributed by atoms with Gasteiger partial charge in [-0.2, -0.15) is 5.10 Å². The Morgan fingerprint density at radius 3 is 2.37 bits per heavy atom. The second-order valence-corrected chi connectivity index (χ2v) is 10.2. The number of rotatable bonds is 5. The molecule has 5 aromatic rings. The van der Waals surface area contributed by atoms with Gasteiger partial charge in [0.2, 0.25) is 0 Å². The highest BCUT2D eigenvalue weighted by molar-refractivity contribution is 6.00. The Balaban J connectivity index is 1.45. The smallest absolute Gasteiger partial charge is 0.268 e. The first kappa shape index (κ1) is 26.3. The average Bonchev–Trinajstić information content (AvgIpc) is 3.34. The number of aromatic nitrogens is 4. The maximum Gasteiger partial charge on any atom is 0.268 e. The number of pyridine rings is 1. The quantitative estimate of drug-likeness (QED) is 0.296. The summed E-state index contributed by atoms with van der Waals surface area (Å²) in [4.78, 5) is 29.8. The second-order valence-electron chi connectivity index (χ2n) is 10.2. The summed E-state index contributed by atoms with van der Waals surface area (Å²) in [6.45, 7) is 0. The molecule has 5 N–H and O–H groups in total. The second kappa shape index (κ2) is 10.3. The minimum atomic E-state index is -0.975. The molecule has 2 aromatic carbocycles. The largest absolute Gasteiger partial charge is 0.393 e. The summed E-state index contributed by atoms with van der Waals surface area (Å²) in [6, 6.07) is 12.9. The number of nitrogen functional groups attached to an aromatic ring is 1. The van der Waals surface area contributed by atoms with Crippen LogP contribution in [0.2, 0.25) is 0 Å². The molecule has 0 bridgehead atoms. The van der Waals surface area contributed by atoms with Crippen molar-refractivity contribution in [3.63, 3.8) is 0 Å². The Hall–Kier alpha value is -4.90. The van der Waals surface area contributed by atoms with Crippen LogP contribution in [0, 0.1) is 11.6 Å². The van der Waals surface area contributed by atoms with Gasteiger partial charge in [0, 0.05) is 40.2 Å². The molecule has 41 heavy (non-hydrogen) atoms. The van der Waals surface area contributed by atoms with Gasteiger partial charge in [-0.3, -0.25) is 14.2 Å². The van der Waals surface area contributed by atoms with Crippen LogP contribution in [0.15, 0.2) is 71.9 Å². The van der Waals surface area contributed by atoms with Gasteiger partial charge < -0.3 is 16.6 Å². The van der Waals surface area contributed by atoms with Crippen molar-refractivity contribution in [1.29, 1.82) is 0 Å². The predicted octanol–water partition coefficient (Wildman–Crippen LogP) is 4.19. The molecular formula is C30H26F2N6O3. The van der Waals surface area contributed by atoms with Crippen LogP contribution in [0.3, 0.4) is 0 Å². The molecule has 11 heteroatoms. The Bertz CT molecular complexity index is 1860. The van der Waals surface area contributed by atoms with Crippen molar-refractivity contribution < 1.29 is 18.7 Å². The van der Waals surface area contributed by atoms with Gasteiger partial charge in [-0.25, -0.2) is 18.3 Å². The zero-order valence-electron chi connectivity index (χ0n) is 21.8. The van der Waals surface area contributed by atoms with Gasteiger partial charge in [0.1, 0.15) is 29.0 Å². The van der Waals surface area contributed by atoms with Crippen LogP contribution in [0.25, 0.3) is 33.5 Å². The van der Waals surface area contributed by atoms with E-state index in [0.29, 0.717) is 29.6 Å². The third-order valence-electron chi connectivity index (χ3n) is 7.74. The molecule has 0 radical (unpaired) electrons. The molecule has 1 aliphatic rings. The molecule has 0 atom stereocenters. The Kier molecular flexibility index (Phi) is 6.58. The number of primary amides is 1. The third-order valence-corrected chi connectivity index (χ3v) is 7.74. The highest BCUT2D eigenvalue weighted by Crippen LogP contribution is 2.40. The fraction of sp³-hybridized carbons (Fsp3) is 0.200. The van der Waals surface area contributed by atoms with Crippen LogP contribution in [0.5, 0.6) is 0 Å². The molecule has 0 aliphatic heterocycles. The molecule has 1 fully saturated rings. The first-order chi connectivity index (χ1) is 19.7. The fourth-order valence-corrected chi connectivity index (χ4v) is 5.68. The molecule has 0 saturated heterocycles. The molecule has 3 heterocycles. The Labute approximate surface area is 232 Å². The molecule has 0 spiro atoms. The highest BCUT2D eigenvalue weighted by Gasteiger charge is 2.27. The predicted molar refractivity (Wildman–Crippen MR) is 150 cm³/mol. The lowest BCUT2D eigenvalue weighted by atomic mass is 9.85. The third kappa shape index (κ3) is 4.63. The van der Waals surface area contributed by atoms with Crippen molar-refractivity contribution in [3.05, 3.63) is 100 Å². The van der Waals surface area contributed by atoms with Crippen molar-refractivity contribution in [3.8, 4) is 27.9 Å². The van der Waals surface area contributed by atoms with E-state index in [1.807, 2.05) is 6.07 Å². The van der Waals surface area contributed by atoms with Gasteiger partial charge in [-0.15, -0.1) is 0 Å². The van der Waals surface area contributed by atoms with E-state index in [-0.39, 0.29) is 40.1 Å². The highest BCUT2D eigenvalue weighted by atomic mass is 19.1.